The highest BCUT2D eigenvalue weighted by molar-refractivity contribution is 7.56. The van der Waals surface area contributed by atoms with Crippen molar-refractivity contribution in [2.24, 2.45) is 0 Å². The Bertz CT molecular complexity index is 1180. The number of nitrogen functional groups attached to an aromatic ring is 1. The van der Waals surface area contributed by atoms with Gasteiger partial charge >= 0.3 is 11.9 Å². The first-order valence-electron chi connectivity index (χ1n) is 13.9. The molecule has 3 atom stereocenters. The summed E-state index contributed by atoms with van der Waals surface area (Å²) in [4.78, 5) is 38.0. The number of rotatable bonds is 16. The van der Waals surface area contributed by atoms with Crippen molar-refractivity contribution in [1.29, 1.82) is 0 Å². The molecule has 0 saturated heterocycles. The molecule has 40 heavy (non-hydrogen) atoms. The minimum atomic E-state index is -3.94. The molecular weight excluding hydrogens is 539 g/mol. The molecule has 224 valence electrons. The quantitative estimate of drug-likeness (QED) is 0.166. The van der Waals surface area contributed by atoms with Gasteiger partial charge < -0.3 is 29.0 Å². The number of esters is 2. The number of aromatic nitrogens is 4. The molecule has 2 heterocycles. The summed E-state index contributed by atoms with van der Waals surface area (Å²) in [6.07, 6.45) is 6.96. The van der Waals surface area contributed by atoms with E-state index in [2.05, 4.69) is 27.0 Å². The van der Waals surface area contributed by atoms with Gasteiger partial charge in [0.05, 0.1) is 25.6 Å². The monoisotopic (exact) mass is 582 g/mol. The summed E-state index contributed by atoms with van der Waals surface area (Å²) in [5.74, 6) is -0.922. The van der Waals surface area contributed by atoms with Crippen molar-refractivity contribution in [1.82, 2.24) is 24.6 Å². The summed E-state index contributed by atoms with van der Waals surface area (Å²) in [5, 5.41) is 2.81. The van der Waals surface area contributed by atoms with E-state index >= 15 is 0 Å². The average molecular weight is 583 g/mol. The molecule has 0 unspecified atom stereocenters. The molecule has 1 fully saturated rings. The number of ether oxygens (including phenoxy) is 3. The van der Waals surface area contributed by atoms with Crippen molar-refractivity contribution in [2.75, 3.05) is 18.7 Å². The highest BCUT2D eigenvalue weighted by Crippen LogP contribution is 2.46. The van der Waals surface area contributed by atoms with Crippen LogP contribution in [0.3, 0.4) is 0 Å². The smallest absolute Gasteiger partial charge is 0.335 e. The minimum Gasteiger partial charge on any atom is -0.464 e. The van der Waals surface area contributed by atoms with Crippen LogP contribution in [0.15, 0.2) is 12.7 Å². The van der Waals surface area contributed by atoms with E-state index in [1.165, 1.54) is 13.3 Å². The summed E-state index contributed by atoms with van der Waals surface area (Å²) in [7, 11) is -3.94. The van der Waals surface area contributed by atoms with E-state index in [1.54, 1.807) is 31.7 Å². The normalized spacial score (nSPS) is 17.4. The number of nitrogens with zero attached hydrogens (tertiary/aromatic N) is 4. The van der Waals surface area contributed by atoms with Crippen molar-refractivity contribution in [3.05, 3.63) is 12.7 Å². The van der Waals surface area contributed by atoms with E-state index in [0.717, 1.165) is 44.9 Å². The molecule has 0 spiro atoms. The number of carbonyl (C=O) groups is 2. The number of imidazole rings is 1. The van der Waals surface area contributed by atoms with Gasteiger partial charge in [-0.15, -0.1) is 0 Å². The predicted octanol–water partition coefficient (Wildman–Crippen LogP) is 3.96. The van der Waals surface area contributed by atoms with E-state index in [9.17, 15) is 14.2 Å². The van der Waals surface area contributed by atoms with Crippen LogP contribution in [-0.4, -0.2) is 68.3 Å². The predicted molar refractivity (Wildman–Crippen MR) is 149 cm³/mol. The van der Waals surface area contributed by atoms with Gasteiger partial charge in [0.2, 0.25) is 0 Å². The minimum absolute atomic E-state index is 0.167. The molecule has 3 N–H and O–H groups in total. The summed E-state index contributed by atoms with van der Waals surface area (Å²) in [5.41, 5.74) is 5.50. The van der Waals surface area contributed by atoms with E-state index < -0.39 is 43.6 Å². The molecule has 0 radical (unpaired) electrons. The fraction of sp³-hybridized carbons (Fsp3) is 0.731. The van der Waals surface area contributed by atoms with E-state index in [0.29, 0.717) is 17.7 Å². The Hall–Kier alpha value is -2.60. The van der Waals surface area contributed by atoms with E-state index in [4.69, 9.17) is 24.5 Å². The SMILES string of the molecule is CCCCCOC(=O)C(C)(C)N[P@@](=O)(CO[C@H](C)Cn1cnc2c(N)ncnc21)O[C@@H](C)C(=O)OC1CCCC1. The zero-order valence-electron chi connectivity index (χ0n) is 24.1. The van der Waals surface area contributed by atoms with Crippen LogP contribution in [0, 0.1) is 0 Å². The van der Waals surface area contributed by atoms with Crippen LogP contribution in [0.4, 0.5) is 5.82 Å². The fourth-order valence-corrected chi connectivity index (χ4v) is 6.58. The van der Waals surface area contributed by atoms with Gasteiger partial charge in [-0.25, -0.2) is 24.8 Å². The summed E-state index contributed by atoms with van der Waals surface area (Å²) >= 11 is 0. The number of nitrogens with one attached hydrogen (secondary N) is 1. The molecule has 1 aliphatic rings. The lowest BCUT2D eigenvalue weighted by atomic mass is 10.1. The number of fused-ring (bicyclic) bond motifs is 1. The van der Waals surface area contributed by atoms with Crippen molar-refractivity contribution in [3.8, 4) is 0 Å². The maximum Gasteiger partial charge on any atom is 0.335 e. The zero-order chi connectivity index (χ0) is 29.3. The van der Waals surface area contributed by atoms with Gasteiger partial charge in [0.25, 0.3) is 7.52 Å². The third kappa shape index (κ3) is 8.95. The second kappa shape index (κ2) is 14.3. The molecule has 3 rings (SSSR count). The second-order valence-electron chi connectivity index (χ2n) is 10.8. The molecule has 13 nitrogen and oxygen atoms in total. The van der Waals surface area contributed by atoms with Gasteiger partial charge in [-0.1, -0.05) is 19.8 Å². The Morgan fingerprint density at radius 2 is 1.93 bits per heavy atom. The summed E-state index contributed by atoms with van der Waals surface area (Å²) < 4.78 is 38.5. The van der Waals surface area contributed by atoms with Crippen LogP contribution in [-0.2, 0) is 39.4 Å². The van der Waals surface area contributed by atoms with Gasteiger partial charge in [-0.3, -0.25) is 9.36 Å². The maximum atomic E-state index is 14.1. The molecule has 14 heteroatoms. The number of anilines is 1. The zero-order valence-corrected chi connectivity index (χ0v) is 25.0. The standard InChI is InChI=1S/C26H43N6O7P/c1-6-7-10-13-36-25(34)26(4,5)31-40(35,39-19(3)24(33)38-20-11-8-9-12-20)17-37-18(2)14-32-16-30-21-22(27)28-15-29-23(21)32/h15-16,18-20H,6-14,17H2,1-5H3,(H,31,35)(H2,27,28,29)/t18-,19+,40-/m1/s1. The number of hydrogen-bond donors (Lipinski definition) is 2. The van der Waals surface area contributed by atoms with Gasteiger partial charge in [-0.2, -0.15) is 0 Å². The molecule has 0 bridgehead atoms. The van der Waals surface area contributed by atoms with E-state index in [1.807, 2.05) is 0 Å². The van der Waals surface area contributed by atoms with Crippen molar-refractivity contribution < 1.29 is 32.9 Å². The average Bonchev–Trinajstić information content (AvgIpc) is 3.56. The van der Waals surface area contributed by atoms with E-state index in [-0.39, 0.29) is 18.5 Å². The van der Waals surface area contributed by atoms with Gasteiger partial charge in [-0.05, 0) is 59.8 Å². The van der Waals surface area contributed by atoms with Crippen LogP contribution in [0.5, 0.6) is 0 Å². The maximum absolute atomic E-state index is 14.1. The lowest BCUT2D eigenvalue weighted by Gasteiger charge is -2.31. The Morgan fingerprint density at radius 1 is 1.20 bits per heavy atom. The Balaban J connectivity index is 1.69. The number of nitrogens with two attached hydrogens (primary N) is 1. The van der Waals surface area contributed by atoms with Crippen LogP contribution >= 0.6 is 7.52 Å². The van der Waals surface area contributed by atoms with Crippen LogP contribution < -0.4 is 10.8 Å². The molecule has 0 aromatic carbocycles. The van der Waals surface area contributed by atoms with Gasteiger partial charge in [0.15, 0.2) is 17.6 Å². The molecule has 2 aromatic rings. The summed E-state index contributed by atoms with van der Waals surface area (Å²) in [6.45, 7) is 9.00. The first kappa shape index (κ1) is 31.9. The molecule has 0 aliphatic heterocycles. The lowest BCUT2D eigenvalue weighted by Crippen LogP contribution is -2.47. The van der Waals surface area contributed by atoms with Crippen LogP contribution in [0.2, 0.25) is 0 Å². The Labute approximate surface area is 235 Å². The molecule has 0 amide bonds. The molecule has 2 aromatic heterocycles. The van der Waals surface area contributed by atoms with Gasteiger partial charge in [0.1, 0.15) is 29.8 Å². The molecule has 1 aliphatic carbocycles. The largest absolute Gasteiger partial charge is 0.464 e. The summed E-state index contributed by atoms with van der Waals surface area (Å²) in [6, 6.07) is 0. The van der Waals surface area contributed by atoms with Crippen LogP contribution in [0.25, 0.3) is 11.2 Å². The van der Waals surface area contributed by atoms with Crippen molar-refractivity contribution in [2.45, 2.75) is 110 Å². The number of unbranched alkanes of at least 4 members (excludes halogenated alkanes) is 2. The van der Waals surface area contributed by atoms with Crippen molar-refractivity contribution >= 4 is 36.4 Å². The molecular formula is C26H43N6O7P. The third-order valence-corrected chi connectivity index (χ3v) is 8.64. The van der Waals surface area contributed by atoms with Crippen molar-refractivity contribution in [3.63, 3.8) is 0 Å². The third-order valence-electron chi connectivity index (χ3n) is 6.60. The topological polar surface area (TPSA) is 170 Å². The first-order chi connectivity index (χ1) is 18.9. The number of hydrogen-bond acceptors (Lipinski definition) is 11. The highest BCUT2D eigenvalue weighted by atomic mass is 31.2. The van der Waals surface area contributed by atoms with Gasteiger partial charge in [0, 0.05) is 0 Å². The molecule has 1 saturated carbocycles. The van der Waals surface area contributed by atoms with Crippen LogP contribution in [0.1, 0.15) is 79.6 Å². The second-order valence-corrected chi connectivity index (χ2v) is 12.8. The highest BCUT2D eigenvalue weighted by Gasteiger charge is 2.41. The fourth-order valence-electron chi connectivity index (χ4n) is 4.41. The Kier molecular flexibility index (Phi) is 11.4. The Morgan fingerprint density at radius 3 is 2.62 bits per heavy atom. The number of carbonyl (C=O) groups excluding carboxylic acids is 2. The lowest BCUT2D eigenvalue weighted by molar-refractivity contribution is -0.156. The first-order valence-corrected chi connectivity index (χ1v) is 15.7.